The first-order chi connectivity index (χ1) is 10.2. The van der Waals surface area contributed by atoms with Crippen LogP contribution < -0.4 is 5.48 Å². The van der Waals surface area contributed by atoms with Crippen LogP contribution in [0.25, 0.3) is 0 Å². The molecule has 0 heterocycles. The van der Waals surface area contributed by atoms with E-state index in [1.807, 2.05) is 5.48 Å². The zero-order chi connectivity index (χ0) is 17.0. The molecule has 7 heteroatoms. The summed E-state index contributed by atoms with van der Waals surface area (Å²) in [5.74, 6) is -0.964. The predicted molar refractivity (Wildman–Crippen MR) is 79.8 cm³/mol. The molecule has 0 aromatic heterocycles. The van der Waals surface area contributed by atoms with Gasteiger partial charge < -0.3 is 14.3 Å². The van der Waals surface area contributed by atoms with Crippen LogP contribution in [-0.4, -0.2) is 30.2 Å². The second-order valence-corrected chi connectivity index (χ2v) is 5.86. The molecule has 0 spiro atoms. The number of esters is 1. The zero-order valence-electron chi connectivity index (χ0n) is 13.9. The highest BCUT2D eigenvalue weighted by atomic mass is 16.7. The molecule has 0 fully saturated rings. The largest absolute Gasteiger partial charge is 0.466 e. The standard InChI is InChI=1S/C15H27NO6/c1-5-6-7-11-20-12(17)9-8-10-13(18)22-16-14(19)21-15(2,3)4/h5-11H2,1-4H3,(H,16,19). The van der Waals surface area contributed by atoms with Crippen LogP contribution in [0, 0.1) is 0 Å². The molecule has 0 radical (unpaired) electrons. The summed E-state index contributed by atoms with van der Waals surface area (Å²) in [6, 6.07) is 0. The number of carbonyl (C=O) groups excluding carboxylic acids is 3. The lowest BCUT2D eigenvalue weighted by atomic mass is 10.2. The third-order valence-corrected chi connectivity index (χ3v) is 2.42. The van der Waals surface area contributed by atoms with Gasteiger partial charge in [0.1, 0.15) is 5.60 Å². The van der Waals surface area contributed by atoms with Gasteiger partial charge in [-0.25, -0.2) is 9.59 Å². The van der Waals surface area contributed by atoms with E-state index in [0.717, 1.165) is 19.3 Å². The highest BCUT2D eigenvalue weighted by Gasteiger charge is 2.17. The van der Waals surface area contributed by atoms with Crippen molar-refractivity contribution >= 4 is 18.0 Å². The molecular weight excluding hydrogens is 290 g/mol. The number of ether oxygens (including phenoxy) is 2. The Morgan fingerprint density at radius 1 is 0.955 bits per heavy atom. The van der Waals surface area contributed by atoms with Crippen LogP contribution in [-0.2, 0) is 23.9 Å². The average Bonchev–Trinajstić information content (AvgIpc) is 2.39. The number of hydrogen-bond acceptors (Lipinski definition) is 6. The van der Waals surface area contributed by atoms with E-state index in [1.54, 1.807) is 20.8 Å². The molecule has 0 aromatic rings. The smallest absolute Gasteiger partial charge is 0.441 e. The topological polar surface area (TPSA) is 90.9 Å². The minimum Gasteiger partial charge on any atom is -0.466 e. The fourth-order valence-electron chi connectivity index (χ4n) is 1.44. The Morgan fingerprint density at radius 2 is 1.59 bits per heavy atom. The van der Waals surface area contributed by atoms with Crippen LogP contribution in [0.4, 0.5) is 4.79 Å². The normalized spacial score (nSPS) is 10.7. The first-order valence-electron chi connectivity index (χ1n) is 7.59. The molecule has 0 saturated heterocycles. The van der Waals surface area contributed by atoms with Crippen molar-refractivity contribution in [2.75, 3.05) is 6.61 Å². The van der Waals surface area contributed by atoms with E-state index in [9.17, 15) is 14.4 Å². The van der Waals surface area contributed by atoms with Crippen molar-refractivity contribution in [3.8, 4) is 0 Å². The lowest BCUT2D eigenvalue weighted by Gasteiger charge is -2.19. The molecule has 0 atom stereocenters. The third-order valence-electron chi connectivity index (χ3n) is 2.42. The average molecular weight is 317 g/mol. The van der Waals surface area contributed by atoms with Gasteiger partial charge in [-0.2, -0.15) is 0 Å². The molecule has 7 nitrogen and oxygen atoms in total. The van der Waals surface area contributed by atoms with Crippen LogP contribution >= 0.6 is 0 Å². The van der Waals surface area contributed by atoms with Gasteiger partial charge in [-0.3, -0.25) is 4.79 Å². The number of unbranched alkanes of at least 4 members (excludes halogenated alkanes) is 2. The van der Waals surface area contributed by atoms with E-state index >= 15 is 0 Å². The molecule has 0 saturated carbocycles. The number of amides is 1. The summed E-state index contributed by atoms with van der Waals surface area (Å²) in [7, 11) is 0. The van der Waals surface area contributed by atoms with Gasteiger partial charge in [0, 0.05) is 12.8 Å². The second kappa shape index (κ2) is 10.9. The van der Waals surface area contributed by atoms with Gasteiger partial charge >= 0.3 is 18.0 Å². The van der Waals surface area contributed by atoms with Crippen molar-refractivity contribution in [2.45, 2.75) is 71.8 Å². The molecule has 128 valence electrons. The van der Waals surface area contributed by atoms with Gasteiger partial charge in [-0.15, -0.1) is 5.48 Å². The molecule has 0 aliphatic rings. The van der Waals surface area contributed by atoms with Gasteiger partial charge in [0.05, 0.1) is 6.61 Å². The van der Waals surface area contributed by atoms with Gasteiger partial charge in [-0.05, 0) is 33.6 Å². The molecule has 0 rings (SSSR count). The molecule has 0 bridgehead atoms. The van der Waals surface area contributed by atoms with Gasteiger partial charge in [0.25, 0.3) is 0 Å². The lowest BCUT2D eigenvalue weighted by molar-refractivity contribution is -0.151. The maximum atomic E-state index is 11.3. The summed E-state index contributed by atoms with van der Waals surface area (Å²) in [6.45, 7) is 7.57. The maximum absolute atomic E-state index is 11.3. The highest BCUT2D eigenvalue weighted by Crippen LogP contribution is 2.06. The molecule has 0 aromatic carbocycles. The summed E-state index contributed by atoms with van der Waals surface area (Å²) in [5.41, 5.74) is 1.23. The number of carbonyl (C=O) groups is 3. The first kappa shape index (κ1) is 20.2. The van der Waals surface area contributed by atoms with Crippen LogP contribution in [0.5, 0.6) is 0 Å². The Hall–Kier alpha value is -1.79. The van der Waals surface area contributed by atoms with E-state index in [4.69, 9.17) is 9.47 Å². The summed E-state index contributed by atoms with van der Waals surface area (Å²) >= 11 is 0. The number of rotatable bonds is 8. The van der Waals surface area contributed by atoms with Crippen molar-refractivity contribution in [1.29, 1.82) is 0 Å². The van der Waals surface area contributed by atoms with Gasteiger partial charge in [0.2, 0.25) is 0 Å². The van der Waals surface area contributed by atoms with Crippen molar-refractivity contribution in [2.24, 2.45) is 0 Å². The van der Waals surface area contributed by atoms with Crippen LogP contribution in [0.15, 0.2) is 0 Å². The van der Waals surface area contributed by atoms with Crippen molar-refractivity contribution in [3.63, 3.8) is 0 Å². The molecule has 0 unspecified atom stereocenters. The number of nitrogens with one attached hydrogen (secondary N) is 1. The van der Waals surface area contributed by atoms with Crippen molar-refractivity contribution < 1.29 is 28.7 Å². The summed E-state index contributed by atoms with van der Waals surface area (Å²) < 4.78 is 9.89. The Morgan fingerprint density at radius 3 is 2.18 bits per heavy atom. The van der Waals surface area contributed by atoms with Crippen LogP contribution in [0.2, 0.25) is 0 Å². The molecule has 1 amide bonds. The SMILES string of the molecule is CCCCCOC(=O)CCCC(=O)ONC(=O)OC(C)(C)C. The summed E-state index contributed by atoms with van der Waals surface area (Å²) in [5, 5.41) is 0. The van der Waals surface area contributed by atoms with Crippen molar-refractivity contribution in [3.05, 3.63) is 0 Å². The van der Waals surface area contributed by atoms with Gasteiger partial charge in [0.15, 0.2) is 0 Å². The van der Waals surface area contributed by atoms with Crippen molar-refractivity contribution in [1.82, 2.24) is 5.48 Å². The minimum atomic E-state index is -0.837. The van der Waals surface area contributed by atoms with Crippen LogP contribution in [0.1, 0.15) is 66.2 Å². The first-order valence-corrected chi connectivity index (χ1v) is 7.59. The summed E-state index contributed by atoms with van der Waals surface area (Å²) in [6.07, 6.45) is 2.57. The van der Waals surface area contributed by atoms with Gasteiger partial charge in [-0.1, -0.05) is 19.8 Å². The quantitative estimate of drug-likeness (QED) is 0.320. The molecular formula is C15H27NO6. The number of hydroxylamine groups is 1. The zero-order valence-corrected chi connectivity index (χ0v) is 13.9. The predicted octanol–water partition coefficient (Wildman–Crippen LogP) is 2.87. The Balaban J connectivity index is 3.65. The molecule has 1 N–H and O–H groups in total. The third kappa shape index (κ3) is 13.2. The molecule has 22 heavy (non-hydrogen) atoms. The molecule has 0 aliphatic heterocycles. The van der Waals surface area contributed by atoms with E-state index in [2.05, 4.69) is 11.8 Å². The Labute approximate surface area is 131 Å². The minimum absolute atomic E-state index is 0.0137. The Bertz CT molecular complexity index is 362. The Kier molecular flexibility index (Phi) is 9.98. The van der Waals surface area contributed by atoms with E-state index in [0.29, 0.717) is 13.0 Å². The number of hydrogen-bond donors (Lipinski definition) is 1. The molecule has 0 aliphatic carbocycles. The van der Waals surface area contributed by atoms with E-state index < -0.39 is 17.7 Å². The monoisotopic (exact) mass is 317 g/mol. The van der Waals surface area contributed by atoms with E-state index in [-0.39, 0.29) is 18.8 Å². The maximum Gasteiger partial charge on any atom is 0.441 e. The lowest BCUT2D eigenvalue weighted by Crippen LogP contribution is -2.34. The fourth-order valence-corrected chi connectivity index (χ4v) is 1.44. The van der Waals surface area contributed by atoms with E-state index in [1.165, 1.54) is 0 Å². The van der Waals surface area contributed by atoms with Crippen LogP contribution in [0.3, 0.4) is 0 Å². The highest BCUT2D eigenvalue weighted by molar-refractivity contribution is 5.74. The second-order valence-electron chi connectivity index (χ2n) is 5.86. The fraction of sp³-hybridized carbons (Fsp3) is 0.800. The summed E-state index contributed by atoms with van der Waals surface area (Å²) in [4.78, 5) is 38.5.